The first-order valence-corrected chi connectivity index (χ1v) is 8.05. The van der Waals surface area contributed by atoms with E-state index in [1.54, 1.807) is 0 Å². The number of carbonyl (C=O) groups excluding carboxylic acids is 1. The van der Waals surface area contributed by atoms with Crippen LogP contribution in [0.3, 0.4) is 0 Å². The summed E-state index contributed by atoms with van der Waals surface area (Å²) in [5.74, 6) is 2.44. The van der Waals surface area contributed by atoms with E-state index in [0.717, 1.165) is 18.8 Å². The van der Waals surface area contributed by atoms with Gasteiger partial charge in [0.25, 0.3) is 5.91 Å². The Bertz CT molecular complexity index is 430. The lowest BCUT2D eigenvalue weighted by molar-refractivity contribution is -0.134. The molecule has 0 aromatic heterocycles. The highest BCUT2D eigenvalue weighted by molar-refractivity contribution is 5.77. The van der Waals surface area contributed by atoms with Crippen LogP contribution < -0.4 is 9.47 Å². The van der Waals surface area contributed by atoms with E-state index in [-0.39, 0.29) is 12.5 Å². The Labute approximate surface area is 134 Å². The van der Waals surface area contributed by atoms with Gasteiger partial charge in [0, 0.05) is 13.1 Å². The van der Waals surface area contributed by atoms with E-state index in [1.165, 1.54) is 0 Å². The second-order valence-electron chi connectivity index (χ2n) is 6.28. The van der Waals surface area contributed by atoms with Crippen molar-refractivity contribution in [3.8, 4) is 11.5 Å². The molecule has 22 heavy (non-hydrogen) atoms. The second kappa shape index (κ2) is 9.34. The summed E-state index contributed by atoms with van der Waals surface area (Å²) in [6, 6.07) is 7.35. The maximum atomic E-state index is 12.3. The van der Waals surface area contributed by atoms with E-state index < -0.39 is 0 Å². The summed E-state index contributed by atoms with van der Waals surface area (Å²) in [7, 11) is 0. The zero-order valence-electron chi connectivity index (χ0n) is 14.5. The van der Waals surface area contributed by atoms with Crippen molar-refractivity contribution in [3.05, 3.63) is 24.3 Å². The molecule has 124 valence electrons. The lowest BCUT2D eigenvalue weighted by atomic mass is 10.1. The standard InChI is InChI=1S/C18H29NO3/c1-6-21-16-7-9-17(10-8-16)22-13-18(20)19(11-14(2)3)12-15(4)5/h7-10,14-15H,6,11-13H2,1-5H3. The Morgan fingerprint density at radius 2 is 1.41 bits per heavy atom. The third-order valence-electron chi connectivity index (χ3n) is 3.02. The number of carbonyl (C=O) groups is 1. The largest absolute Gasteiger partial charge is 0.494 e. The highest BCUT2D eigenvalue weighted by atomic mass is 16.5. The van der Waals surface area contributed by atoms with Gasteiger partial charge in [-0.15, -0.1) is 0 Å². The fourth-order valence-electron chi connectivity index (χ4n) is 2.19. The molecule has 0 bridgehead atoms. The SMILES string of the molecule is CCOc1ccc(OCC(=O)N(CC(C)C)CC(C)C)cc1. The Balaban J connectivity index is 2.54. The van der Waals surface area contributed by atoms with Crippen molar-refractivity contribution in [2.24, 2.45) is 11.8 Å². The Morgan fingerprint density at radius 3 is 1.82 bits per heavy atom. The van der Waals surface area contributed by atoms with Crippen LogP contribution in [0.15, 0.2) is 24.3 Å². The molecular weight excluding hydrogens is 278 g/mol. The molecule has 0 aliphatic rings. The highest BCUT2D eigenvalue weighted by Crippen LogP contribution is 2.17. The number of rotatable bonds is 9. The Hall–Kier alpha value is -1.71. The van der Waals surface area contributed by atoms with Gasteiger partial charge in [0.2, 0.25) is 0 Å². The second-order valence-corrected chi connectivity index (χ2v) is 6.28. The predicted octanol–water partition coefficient (Wildman–Crippen LogP) is 3.60. The van der Waals surface area contributed by atoms with Crippen molar-refractivity contribution in [3.63, 3.8) is 0 Å². The normalized spacial score (nSPS) is 10.9. The molecule has 0 spiro atoms. The van der Waals surface area contributed by atoms with Crippen LogP contribution in [0.5, 0.6) is 11.5 Å². The van der Waals surface area contributed by atoms with Crippen LogP contribution in [0.25, 0.3) is 0 Å². The molecule has 0 atom stereocenters. The molecule has 4 nitrogen and oxygen atoms in total. The molecule has 0 saturated heterocycles. The van der Waals surface area contributed by atoms with Gasteiger partial charge in [-0.2, -0.15) is 0 Å². The van der Waals surface area contributed by atoms with E-state index in [4.69, 9.17) is 9.47 Å². The van der Waals surface area contributed by atoms with Gasteiger partial charge in [0.1, 0.15) is 11.5 Å². The average molecular weight is 307 g/mol. The van der Waals surface area contributed by atoms with Gasteiger partial charge < -0.3 is 14.4 Å². The molecule has 0 unspecified atom stereocenters. The number of hydrogen-bond acceptors (Lipinski definition) is 3. The molecular formula is C18H29NO3. The zero-order chi connectivity index (χ0) is 16.5. The van der Waals surface area contributed by atoms with Gasteiger partial charge in [-0.1, -0.05) is 27.7 Å². The van der Waals surface area contributed by atoms with Gasteiger partial charge in [-0.05, 0) is 43.0 Å². The predicted molar refractivity (Wildman–Crippen MR) is 89.4 cm³/mol. The molecule has 0 heterocycles. The van der Waals surface area contributed by atoms with E-state index >= 15 is 0 Å². The van der Waals surface area contributed by atoms with Crippen LogP contribution in [-0.4, -0.2) is 37.1 Å². The van der Waals surface area contributed by atoms with Crippen molar-refractivity contribution in [1.29, 1.82) is 0 Å². The van der Waals surface area contributed by atoms with Gasteiger partial charge in [-0.25, -0.2) is 0 Å². The lowest BCUT2D eigenvalue weighted by Crippen LogP contribution is -2.39. The monoisotopic (exact) mass is 307 g/mol. The molecule has 0 N–H and O–H groups in total. The summed E-state index contributed by atoms with van der Waals surface area (Å²) in [4.78, 5) is 14.2. The molecule has 1 aromatic rings. The molecule has 1 rings (SSSR count). The minimum absolute atomic E-state index is 0.0382. The summed E-state index contributed by atoms with van der Waals surface area (Å²) in [6.45, 7) is 12.7. The third-order valence-corrected chi connectivity index (χ3v) is 3.02. The van der Waals surface area contributed by atoms with Crippen molar-refractivity contribution in [1.82, 2.24) is 4.90 Å². The molecule has 1 aromatic carbocycles. The van der Waals surface area contributed by atoms with Gasteiger partial charge in [0.05, 0.1) is 6.61 Å². The van der Waals surface area contributed by atoms with Crippen molar-refractivity contribution in [2.75, 3.05) is 26.3 Å². The van der Waals surface area contributed by atoms with E-state index in [0.29, 0.717) is 24.2 Å². The van der Waals surface area contributed by atoms with E-state index in [2.05, 4.69) is 27.7 Å². The molecule has 1 amide bonds. The Kier molecular flexibility index (Phi) is 7.78. The third kappa shape index (κ3) is 6.83. The van der Waals surface area contributed by atoms with Crippen LogP contribution in [0.4, 0.5) is 0 Å². The van der Waals surface area contributed by atoms with Crippen molar-refractivity contribution < 1.29 is 14.3 Å². The number of hydrogen-bond donors (Lipinski definition) is 0. The average Bonchev–Trinajstić information content (AvgIpc) is 2.45. The number of nitrogens with zero attached hydrogens (tertiary/aromatic N) is 1. The zero-order valence-corrected chi connectivity index (χ0v) is 14.5. The minimum atomic E-state index is 0.0382. The fourth-order valence-corrected chi connectivity index (χ4v) is 2.19. The molecule has 0 radical (unpaired) electrons. The van der Waals surface area contributed by atoms with Crippen molar-refractivity contribution >= 4 is 5.91 Å². The van der Waals surface area contributed by atoms with E-state index in [9.17, 15) is 4.79 Å². The number of amides is 1. The first kappa shape index (κ1) is 18.3. The number of benzene rings is 1. The summed E-state index contributed by atoms with van der Waals surface area (Å²) < 4.78 is 11.0. The molecule has 0 aliphatic carbocycles. The fraction of sp³-hybridized carbons (Fsp3) is 0.611. The molecule has 0 aliphatic heterocycles. The van der Waals surface area contributed by atoms with Gasteiger partial charge >= 0.3 is 0 Å². The highest BCUT2D eigenvalue weighted by Gasteiger charge is 2.16. The lowest BCUT2D eigenvalue weighted by Gasteiger charge is -2.26. The number of ether oxygens (including phenoxy) is 2. The topological polar surface area (TPSA) is 38.8 Å². The van der Waals surface area contributed by atoms with Crippen LogP contribution in [0.2, 0.25) is 0 Å². The van der Waals surface area contributed by atoms with Crippen LogP contribution in [-0.2, 0) is 4.79 Å². The van der Waals surface area contributed by atoms with Crippen LogP contribution in [0.1, 0.15) is 34.6 Å². The van der Waals surface area contributed by atoms with Crippen LogP contribution in [0, 0.1) is 11.8 Å². The van der Waals surface area contributed by atoms with Crippen molar-refractivity contribution in [2.45, 2.75) is 34.6 Å². The summed E-state index contributed by atoms with van der Waals surface area (Å²) >= 11 is 0. The maximum absolute atomic E-state index is 12.3. The van der Waals surface area contributed by atoms with Gasteiger partial charge in [0.15, 0.2) is 6.61 Å². The van der Waals surface area contributed by atoms with Gasteiger partial charge in [-0.3, -0.25) is 4.79 Å². The molecule has 0 saturated carbocycles. The summed E-state index contributed by atoms with van der Waals surface area (Å²) in [5, 5.41) is 0. The Morgan fingerprint density at radius 1 is 0.955 bits per heavy atom. The summed E-state index contributed by atoms with van der Waals surface area (Å²) in [5.41, 5.74) is 0. The smallest absolute Gasteiger partial charge is 0.260 e. The molecule has 4 heteroatoms. The first-order chi connectivity index (χ1) is 10.4. The first-order valence-electron chi connectivity index (χ1n) is 8.05. The van der Waals surface area contributed by atoms with E-state index in [1.807, 2.05) is 36.1 Å². The summed E-state index contributed by atoms with van der Waals surface area (Å²) in [6.07, 6.45) is 0. The van der Waals surface area contributed by atoms with Crippen LogP contribution >= 0.6 is 0 Å². The maximum Gasteiger partial charge on any atom is 0.260 e. The molecule has 0 fully saturated rings. The quantitative estimate of drug-likeness (QED) is 0.699. The minimum Gasteiger partial charge on any atom is -0.494 e.